The minimum atomic E-state index is 0.0519. The molecule has 0 N–H and O–H groups in total. The van der Waals surface area contributed by atoms with E-state index in [1.807, 2.05) is 23.1 Å². The van der Waals surface area contributed by atoms with Crippen molar-refractivity contribution in [2.45, 2.75) is 19.3 Å². The molecule has 0 saturated carbocycles. The van der Waals surface area contributed by atoms with Gasteiger partial charge in [-0.2, -0.15) is 0 Å². The van der Waals surface area contributed by atoms with Crippen molar-refractivity contribution in [2.24, 2.45) is 0 Å². The summed E-state index contributed by atoms with van der Waals surface area (Å²) in [5, 5.41) is 0.651. The van der Waals surface area contributed by atoms with E-state index in [0.717, 1.165) is 31.5 Å². The van der Waals surface area contributed by atoms with Gasteiger partial charge in [-0.15, -0.1) is 0 Å². The maximum atomic E-state index is 12.7. The molecule has 2 aromatic carbocycles. The minimum Gasteiger partial charge on any atom is -0.308 e. The molecule has 1 heterocycles. The summed E-state index contributed by atoms with van der Waals surface area (Å²) in [5.74, 6) is 0.0519. The average molecular weight is 286 g/mol. The molecule has 1 aliphatic heterocycles. The van der Waals surface area contributed by atoms with Crippen molar-refractivity contribution in [3.05, 3.63) is 64.7 Å². The SMILES string of the molecule is O=C(c1ccc(Cl)cc1)N1CCCCc2ccccc21. The lowest BCUT2D eigenvalue weighted by atomic mass is 10.1. The summed E-state index contributed by atoms with van der Waals surface area (Å²) in [7, 11) is 0. The number of aryl methyl sites for hydroxylation is 1. The maximum Gasteiger partial charge on any atom is 0.258 e. The van der Waals surface area contributed by atoms with Gasteiger partial charge in [0.15, 0.2) is 0 Å². The molecule has 1 amide bonds. The maximum absolute atomic E-state index is 12.7. The number of carbonyl (C=O) groups excluding carboxylic acids is 1. The molecule has 0 unspecified atom stereocenters. The van der Waals surface area contributed by atoms with Crippen LogP contribution in [0, 0.1) is 0 Å². The van der Waals surface area contributed by atoms with Gasteiger partial charge in [-0.05, 0) is 55.2 Å². The number of hydrogen-bond donors (Lipinski definition) is 0. The monoisotopic (exact) mass is 285 g/mol. The number of fused-ring (bicyclic) bond motifs is 1. The smallest absolute Gasteiger partial charge is 0.258 e. The van der Waals surface area contributed by atoms with Gasteiger partial charge in [0.1, 0.15) is 0 Å². The van der Waals surface area contributed by atoms with Crippen LogP contribution in [-0.4, -0.2) is 12.5 Å². The number of para-hydroxylation sites is 1. The first-order valence-corrected chi connectivity index (χ1v) is 7.29. The predicted molar refractivity (Wildman–Crippen MR) is 82.5 cm³/mol. The lowest BCUT2D eigenvalue weighted by Crippen LogP contribution is -2.31. The molecule has 20 heavy (non-hydrogen) atoms. The van der Waals surface area contributed by atoms with E-state index in [0.29, 0.717) is 10.6 Å². The number of hydrogen-bond acceptors (Lipinski definition) is 1. The van der Waals surface area contributed by atoms with Gasteiger partial charge in [0.2, 0.25) is 0 Å². The minimum absolute atomic E-state index is 0.0519. The third-order valence-corrected chi connectivity index (χ3v) is 3.95. The third-order valence-electron chi connectivity index (χ3n) is 3.70. The molecule has 0 spiro atoms. The van der Waals surface area contributed by atoms with Crippen molar-refractivity contribution in [1.29, 1.82) is 0 Å². The van der Waals surface area contributed by atoms with Gasteiger partial charge in [-0.3, -0.25) is 4.79 Å². The average Bonchev–Trinajstić information content (AvgIpc) is 2.69. The predicted octanol–water partition coefficient (Wildman–Crippen LogP) is 4.32. The van der Waals surface area contributed by atoms with Crippen LogP contribution in [0.4, 0.5) is 5.69 Å². The van der Waals surface area contributed by atoms with E-state index in [1.54, 1.807) is 24.3 Å². The number of carbonyl (C=O) groups is 1. The van der Waals surface area contributed by atoms with Crippen molar-refractivity contribution in [2.75, 3.05) is 11.4 Å². The molecule has 2 aromatic rings. The fourth-order valence-electron chi connectivity index (χ4n) is 2.65. The first-order valence-electron chi connectivity index (χ1n) is 6.91. The second-order valence-corrected chi connectivity index (χ2v) is 5.49. The molecule has 102 valence electrons. The highest BCUT2D eigenvalue weighted by molar-refractivity contribution is 6.30. The lowest BCUT2D eigenvalue weighted by molar-refractivity contribution is 0.0987. The Morgan fingerprint density at radius 2 is 1.75 bits per heavy atom. The lowest BCUT2D eigenvalue weighted by Gasteiger charge is -2.23. The van der Waals surface area contributed by atoms with Gasteiger partial charge in [0, 0.05) is 22.8 Å². The number of benzene rings is 2. The molecule has 2 nitrogen and oxygen atoms in total. The second-order valence-electron chi connectivity index (χ2n) is 5.05. The van der Waals surface area contributed by atoms with Gasteiger partial charge in [0.05, 0.1) is 0 Å². The normalized spacial score (nSPS) is 14.6. The van der Waals surface area contributed by atoms with Gasteiger partial charge in [-0.25, -0.2) is 0 Å². The van der Waals surface area contributed by atoms with Gasteiger partial charge < -0.3 is 4.90 Å². The Labute approximate surface area is 124 Å². The van der Waals surface area contributed by atoms with E-state index in [1.165, 1.54) is 5.56 Å². The highest BCUT2D eigenvalue weighted by Gasteiger charge is 2.21. The molecule has 1 aliphatic rings. The van der Waals surface area contributed by atoms with Crippen LogP contribution in [0.5, 0.6) is 0 Å². The molecule has 0 atom stereocenters. The van der Waals surface area contributed by atoms with E-state index < -0.39 is 0 Å². The van der Waals surface area contributed by atoms with Crippen molar-refractivity contribution in [3.8, 4) is 0 Å². The molecule has 0 radical (unpaired) electrons. The fourth-order valence-corrected chi connectivity index (χ4v) is 2.78. The van der Waals surface area contributed by atoms with Crippen LogP contribution in [0.3, 0.4) is 0 Å². The standard InChI is InChI=1S/C17H16ClNO/c18-15-10-8-14(9-11-15)17(20)19-12-4-3-6-13-5-1-2-7-16(13)19/h1-2,5,7-11H,3-4,6,12H2. The Morgan fingerprint density at radius 1 is 1.00 bits per heavy atom. The Bertz CT molecular complexity index is 621. The van der Waals surface area contributed by atoms with E-state index >= 15 is 0 Å². The molecule has 0 saturated heterocycles. The Kier molecular flexibility index (Phi) is 3.75. The number of anilines is 1. The summed E-state index contributed by atoms with van der Waals surface area (Å²) in [4.78, 5) is 14.6. The van der Waals surface area contributed by atoms with E-state index in [2.05, 4.69) is 6.07 Å². The van der Waals surface area contributed by atoms with Gasteiger partial charge in [-0.1, -0.05) is 29.8 Å². The number of rotatable bonds is 1. The first-order chi connectivity index (χ1) is 9.75. The Balaban J connectivity index is 1.97. The van der Waals surface area contributed by atoms with E-state index in [9.17, 15) is 4.79 Å². The van der Waals surface area contributed by atoms with Crippen LogP contribution in [0.25, 0.3) is 0 Å². The molecule has 0 bridgehead atoms. The molecular formula is C17H16ClNO. The third kappa shape index (κ3) is 2.56. The first kappa shape index (κ1) is 13.2. The molecule has 0 aliphatic carbocycles. The zero-order valence-electron chi connectivity index (χ0n) is 11.2. The molecule has 3 heteroatoms. The Morgan fingerprint density at radius 3 is 2.55 bits per heavy atom. The zero-order chi connectivity index (χ0) is 13.9. The van der Waals surface area contributed by atoms with Crippen molar-refractivity contribution >= 4 is 23.2 Å². The quantitative estimate of drug-likeness (QED) is 0.764. The highest BCUT2D eigenvalue weighted by Crippen LogP contribution is 2.27. The zero-order valence-corrected chi connectivity index (χ0v) is 11.9. The number of amides is 1. The van der Waals surface area contributed by atoms with Crippen molar-refractivity contribution < 1.29 is 4.79 Å². The second kappa shape index (κ2) is 5.68. The summed E-state index contributed by atoms with van der Waals surface area (Å²) in [6.07, 6.45) is 3.20. The number of halogens is 1. The molecule has 0 fully saturated rings. The van der Waals surface area contributed by atoms with Crippen molar-refractivity contribution in [1.82, 2.24) is 0 Å². The molecular weight excluding hydrogens is 270 g/mol. The fraction of sp³-hybridized carbons (Fsp3) is 0.235. The van der Waals surface area contributed by atoms with Gasteiger partial charge in [0.25, 0.3) is 5.91 Å². The van der Waals surface area contributed by atoms with E-state index in [-0.39, 0.29) is 5.91 Å². The summed E-state index contributed by atoms with van der Waals surface area (Å²) in [6, 6.07) is 15.3. The summed E-state index contributed by atoms with van der Waals surface area (Å²) >= 11 is 5.88. The molecule has 3 rings (SSSR count). The van der Waals surface area contributed by atoms with Crippen LogP contribution >= 0.6 is 11.6 Å². The van der Waals surface area contributed by atoms with Crippen LogP contribution in [0.15, 0.2) is 48.5 Å². The number of nitrogens with zero attached hydrogens (tertiary/aromatic N) is 1. The van der Waals surface area contributed by atoms with Crippen LogP contribution in [-0.2, 0) is 6.42 Å². The van der Waals surface area contributed by atoms with Crippen LogP contribution in [0.1, 0.15) is 28.8 Å². The topological polar surface area (TPSA) is 20.3 Å². The molecule has 0 aromatic heterocycles. The largest absolute Gasteiger partial charge is 0.308 e. The highest BCUT2D eigenvalue weighted by atomic mass is 35.5. The Hall–Kier alpha value is -1.80. The van der Waals surface area contributed by atoms with Gasteiger partial charge >= 0.3 is 0 Å². The van der Waals surface area contributed by atoms with Crippen LogP contribution < -0.4 is 4.90 Å². The van der Waals surface area contributed by atoms with Crippen molar-refractivity contribution in [3.63, 3.8) is 0 Å². The van der Waals surface area contributed by atoms with E-state index in [4.69, 9.17) is 11.6 Å². The summed E-state index contributed by atoms with van der Waals surface area (Å²) in [5.41, 5.74) is 2.99. The summed E-state index contributed by atoms with van der Waals surface area (Å²) < 4.78 is 0. The van der Waals surface area contributed by atoms with Crippen LogP contribution in [0.2, 0.25) is 5.02 Å². The summed E-state index contributed by atoms with van der Waals surface area (Å²) in [6.45, 7) is 0.776.